The molecule has 0 fully saturated rings. The number of aryl methyl sites for hydroxylation is 1. The van der Waals surface area contributed by atoms with Gasteiger partial charge in [-0.15, -0.1) is 0 Å². The second kappa shape index (κ2) is 7.16. The van der Waals surface area contributed by atoms with E-state index in [1.807, 2.05) is 46.1 Å². The maximum Gasteiger partial charge on any atom is 0.225 e. The van der Waals surface area contributed by atoms with Crippen LogP contribution in [0.2, 0.25) is 0 Å². The van der Waals surface area contributed by atoms with E-state index in [2.05, 4.69) is 20.8 Å². The molecular formula is C17H24N2O2. The Kier molecular flexibility index (Phi) is 5.26. The Balaban J connectivity index is 2.01. The average molecular weight is 288 g/mol. The van der Waals surface area contributed by atoms with Gasteiger partial charge in [0.15, 0.2) is 0 Å². The minimum absolute atomic E-state index is 0.168. The van der Waals surface area contributed by atoms with Gasteiger partial charge in [-0.1, -0.05) is 13.8 Å². The van der Waals surface area contributed by atoms with Crippen molar-refractivity contribution in [1.82, 2.24) is 9.47 Å². The monoisotopic (exact) mass is 288 g/mol. The molecule has 0 N–H and O–H groups in total. The molecule has 2 aromatic rings. The summed E-state index contributed by atoms with van der Waals surface area (Å²) < 4.78 is 7.43. The topological polar surface area (TPSA) is 38.4 Å². The van der Waals surface area contributed by atoms with Crippen LogP contribution in [0.15, 0.2) is 47.3 Å². The van der Waals surface area contributed by atoms with Gasteiger partial charge in [-0.05, 0) is 37.1 Å². The van der Waals surface area contributed by atoms with Crippen molar-refractivity contribution in [1.29, 1.82) is 0 Å². The second-order valence-corrected chi connectivity index (χ2v) is 5.76. The van der Waals surface area contributed by atoms with Crippen LogP contribution in [0.4, 0.5) is 0 Å². The molecule has 0 aliphatic rings. The molecule has 0 aliphatic carbocycles. The molecule has 0 aliphatic heterocycles. The van der Waals surface area contributed by atoms with Crippen molar-refractivity contribution in [3.05, 3.63) is 48.7 Å². The van der Waals surface area contributed by atoms with Gasteiger partial charge in [-0.2, -0.15) is 0 Å². The fourth-order valence-corrected chi connectivity index (χ4v) is 2.28. The molecule has 0 radical (unpaired) electrons. The molecule has 21 heavy (non-hydrogen) atoms. The standard InChI is InChI=1S/C17H24N2O2/c1-14(2)15(3)19(13-16-7-6-12-21-16)17(20)8-11-18-9-4-5-10-18/h4-7,9-10,12,14-15H,8,11,13H2,1-3H3. The molecule has 0 saturated carbocycles. The number of rotatable bonds is 7. The first-order chi connectivity index (χ1) is 10.1. The van der Waals surface area contributed by atoms with Gasteiger partial charge in [0.25, 0.3) is 0 Å². The number of hydrogen-bond acceptors (Lipinski definition) is 2. The van der Waals surface area contributed by atoms with Crippen LogP contribution in [0.25, 0.3) is 0 Å². The Morgan fingerprint density at radius 2 is 1.95 bits per heavy atom. The maximum atomic E-state index is 12.6. The summed E-state index contributed by atoms with van der Waals surface area (Å²) in [5.41, 5.74) is 0. The lowest BCUT2D eigenvalue weighted by molar-refractivity contribution is -0.135. The molecule has 2 aromatic heterocycles. The van der Waals surface area contributed by atoms with Crippen molar-refractivity contribution < 1.29 is 9.21 Å². The van der Waals surface area contributed by atoms with Gasteiger partial charge in [0.05, 0.1) is 12.8 Å². The van der Waals surface area contributed by atoms with E-state index in [4.69, 9.17) is 4.42 Å². The number of nitrogens with zero attached hydrogens (tertiary/aromatic N) is 2. The highest BCUT2D eigenvalue weighted by molar-refractivity contribution is 5.76. The molecule has 0 aromatic carbocycles. The van der Waals surface area contributed by atoms with E-state index in [0.29, 0.717) is 25.4 Å². The van der Waals surface area contributed by atoms with E-state index in [1.54, 1.807) is 6.26 Å². The summed E-state index contributed by atoms with van der Waals surface area (Å²) in [5, 5.41) is 0. The van der Waals surface area contributed by atoms with Crippen LogP contribution in [-0.2, 0) is 17.9 Å². The van der Waals surface area contributed by atoms with Crippen LogP contribution in [0.1, 0.15) is 33.0 Å². The summed E-state index contributed by atoms with van der Waals surface area (Å²) in [7, 11) is 0. The van der Waals surface area contributed by atoms with Crippen molar-refractivity contribution in [2.75, 3.05) is 0 Å². The minimum Gasteiger partial charge on any atom is -0.467 e. The summed E-state index contributed by atoms with van der Waals surface area (Å²) in [5.74, 6) is 1.41. The number of carbonyl (C=O) groups excluding carboxylic acids is 1. The Hall–Kier alpha value is -1.97. The van der Waals surface area contributed by atoms with E-state index in [0.717, 1.165) is 5.76 Å². The zero-order valence-corrected chi connectivity index (χ0v) is 13.0. The zero-order chi connectivity index (χ0) is 15.2. The lowest BCUT2D eigenvalue weighted by Crippen LogP contribution is -2.41. The third-order valence-corrected chi connectivity index (χ3v) is 3.93. The quantitative estimate of drug-likeness (QED) is 0.781. The molecule has 2 heterocycles. The highest BCUT2D eigenvalue weighted by Gasteiger charge is 2.23. The normalized spacial score (nSPS) is 12.6. The Morgan fingerprint density at radius 1 is 1.24 bits per heavy atom. The van der Waals surface area contributed by atoms with Crippen LogP contribution >= 0.6 is 0 Å². The fourth-order valence-electron chi connectivity index (χ4n) is 2.28. The first kappa shape index (κ1) is 15.4. The van der Waals surface area contributed by atoms with Crippen molar-refractivity contribution >= 4 is 5.91 Å². The summed E-state index contributed by atoms with van der Waals surface area (Å²) >= 11 is 0. The fraction of sp³-hybridized carbons (Fsp3) is 0.471. The summed E-state index contributed by atoms with van der Waals surface area (Å²) in [4.78, 5) is 14.5. The van der Waals surface area contributed by atoms with E-state index in [1.165, 1.54) is 0 Å². The smallest absolute Gasteiger partial charge is 0.225 e. The third-order valence-electron chi connectivity index (χ3n) is 3.93. The second-order valence-electron chi connectivity index (χ2n) is 5.76. The minimum atomic E-state index is 0.168. The van der Waals surface area contributed by atoms with Crippen molar-refractivity contribution in [3.63, 3.8) is 0 Å². The van der Waals surface area contributed by atoms with Crippen LogP contribution in [0.3, 0.4) is 0 Å². The molecule has 1 unspecified atom stereocenters. The SMILES string of the molecule is CC(C)C(C)N(Cc1ccco1)C(=O)CCn1cccc1. The highest BCUT2D eigenvalue weighted by Crippen LogP contribution is 2.16. The highest BCUT2D eigenvalue weighted by atomic mass is 16.3. The van der Waals surface area contributed by atoms with Gasteiger partial charge in [-0.3, -0.25) is 4.79 Å². The number of aromatic nitrogens is 1. The summed E-state index contributed by atoms with van der Waals surface area (Å²) in [6.07, 6.45) is 6.12. The van der Waals surface area contributed by atoms with Crippen LogP contribution < -0.4 is 0 Å². The predicted octanol–water partition coefficient (Wildman–Crippen LogP) is 3.54. The van der Waals surface area contributed by atoms with Crippen molar-refractivity contribution in [2.24, 2.45) is 5.92 Å². The number of amides is 1. The van der Waals surface area contributed by atoms with Gasteiger partial charge in [0, 0.05) is 31.4 Å². The van der Waals surface area contributed by atoms with Gasteiger partial charge < -0.3 is 13.9 Å². The molecule has 114 valence electrons. The lowest BCUT2D eigenvalue weighted by Gasteiger charge is -2.31. The van der Waals surface area contributed by atoms with E-state index >= 15 is 0 Å². The van der Waals surface area contributed by atoms with Gasteiger partial charge in [0.1, 0.15) is 5.76 Å². The maximum absolute atomic E-state index is 12.6. The molecule has 4 nitrogen and oxygen atoms in total. The first-order valence-electron chi connectivity index (χ1n) is 7.50. The third kappa shape index (κ3) is 4.25. The van der Waals surface area contributed by atoms with Gasteiger partial charge in [-0.25, -0.2) is 0 Å². The Bertz CT molecular complexity index is 529. The van der Waals surface area contributed by atoms with Crippen LogP contribution in [0.5, 0.6) is 0 Å². The summed E-state index contributed by atoms with van der Waals surface area (Å²) in [6, 6.07) is 7.91. The van der Waals surface area contributed by atoms with E-state index < -0.39 is 0 Å². The predicted molar refractivity (Wildman–Crippen MR) is 82.6 cm³/mol. The largest absolute Gasteiger partial charge is 0.467 e. The molecule has 1 atom stereocenters. The molecular weight excluding hydrogens is 264 g/mol. The molecule has 2 rings (SSSR count). The van der Waals surface area contributed by atoms with Crippen molar-refractivity contribution in [3.8, 4) is 0 Å². The number of carbonyl (C=O) groups is 1. The summed E-state index contributed by atoms with van der Waals surface area (Å²) in [6.45, 7) is 7.63. The lowest BCUT2D eigenvalue weighted by atomic mass is 10.0. The molecule has 0 bridgehead atoms. The van der Waals surface area contributed by atoms with E-state index in [9.17, 15) is 4.79 Å². The van der Waals surface area contributed by atoms with Gasteiger partial charge in [0.2, 0.25) is 5.91 Å². The average Bonchev–Trinajstić information content (AvgIpc) is 3.14. The molecule has 0 spiro atoms. The zero-order valence-electron chi connectivity index (χ0n) is 13.0. The van der Waals surface area contributed by atoms with Crippen LogP contribution in [0, 0.1) is 5.92 Å². The molecule has 0 saturated heterocycles. The van der Waals surface area contributed by atoms with Crippen LogP contribution in [-0.4, -0.2) is 21.4 Å². The van der Waals surface area contributed by atoms with Gasteiger partial charge >= 0.3 is 0 Å². The van der Waals surface area contributed by atoms with E-state index in [-0.39, 0.29) is 11.9 Å². The Morgan fingerprint density at radius 3 is 2.52 bits per heavy atom. The first-order valence-corrected chi connectivity index (χ1v) is 7.50. The number of furan rings is 1. The number of hydrogen-bond donors (Lipinski definition) is 0. The van der Waals surface area contributed by atoms with Crippen molar-refractivity contribution in [2.45, 2.75) is 46.3 Å². The Labute approximate surface area is 126 Å². The molecule has 4 heteroatoms. The molecule has 1 amide bonds.